The van der Waals surface area contributed by atoms with Crippen LogP contribution in [0.4, 0.5) is 0 Å². The number of hydrogen-bond acceptors (Lipinski definition) is 5. The lowest BCUT2D eigenvalue weighted by Gasteiger charge is -2.18. The van der Waals surface area contributed by atoms with Crippen molar-refractivity contribution in [2.45, 2.75) is 245 Å². The monoisotopic (exact) mass is 772 g/mol. The van der Waals surface area contributed by atoms with Gasteiger partial charge in [-0.05, 0) is 123 Å². The van der Waals surface area contributed by atoms with Crippen LogP contribution in [0.2, 0.25) is 0 Å². The molecule has 0 radical (unpaired) electrons. The van der Waals surface area contributed by atoms with E-state index in [1.54, 1.807) is 0 Å². The van der Waals surface area contributed by atoms with Crippen LogP contribution in [0.5, 0.6) is 0 Å². The van der Waals surface area contributed by atoms with Crippen LogP contribution in [0.15, 0.2) is 36.0 Å². The molecular weight excluding hydrogens is 679 g/mol. The Morgan fingerprint density at radius 2 is 0.964 bits per heavy atom. The normalized spacial score (nSPS) is 12.7. The molecule has 0 aliphatic rings. The number of hydrogen-bond donors (Lipinski definition) is 0. The molecular formula is C50H93NO4. The Morgan fingerprint density at radius 3 is 1.51 bits per heavy atom. The summed E-state index contributed by atoms with van der Waals surface area (Å²) in [5.74, 6) is -0.217. The van der Waals surface area contributed by atoms with Gasteiger partial charge < -0.3 is 14.4 Å². The van der Waals surface area contributed by atoms with Crippen molar-refractivity contribution in [2.24, 2.45) is 0 Å². The lowest BCUT2D eigenvalue weighted by molar-refractivity contribution is -0.150. The third kappa shape index (κ3) is 41.6. The molecule has 0 aliphatic heterocycles. The number of rotatable bonds is 42. The van der Waals surface area contributed by atoms with E-state index in [-0.39, 0.29) is 18.0 Å². The number of ether oxygens (including phenoxy) is 2. The minimum absolute atomic E-state index is 0.000559. The number of carbonyl (C=O) groups excluding carboxylic acids is 2. The lowest BCUT2D eigenvalue weighted by Crippen LogP contribution is -2.20. The molecule has 0 saturated heterocycles. The summed E-state index contributed by atoms with van der Waals surface area (Å²) in [6, 6.07) is 0. The molecule has 0 aromatic rings. The van der Waals surface area contributed by atoms with E-state index in [0.29, 0.717) is 13.0 Å². The number of esters is 2. The summed E-state index contributed by atoms with van der Waals surface area (Å²) in [4.78, 5) is 27.5. The highest BCUT2D eigenvalue weighted by atomic mass is 16.5. The average molecular weight is 772 g/mol. The quantitative estimate of drug-likeness (QED) is 0.0268. The van der Waals surface area contributed by atoms with Gasteiger partial charge in [0.05, 0.1) is 6.61 Å². The topological polar surface area (TPSA) is 55.8 Å². The van der Waals surface area contributed by atoms with Gasteiger partial charge in [-0.1, -0.05) is 160 Å². The highest BCUT2D eigenvalue weighted by Crippen LogP contribution is 2.20. The largest absolute Gasteiger partial charge is 0.463 e. The van der Waals surface area contributed by atoms with Crippen molar-refractivity contribution in [1.82, 2.24) is 4.90 Å². The van der Waals surface area contributed by atoms with E-state index >= 15 is 0 Å². The Labute approximate surface area is 343 Å². The van der Waals surface area contributed by atoms with Crippen molar-refractivity contribution in [3.63, 3.8) is 0 Å². The Balaban J connectivity index is 4.51. The predicted molar refractivity (Wildman–Crippen MR) is 240 cm³/mol. The summed E-state index contributed by atoms with van der Waals surface area (Å²) < 4.78 is 11.7. The fraction of sp³-hybridized carbons (Fsp3) is 0.840. The zero-order valence-corrected chi connectivity index (χ0v) is 37.5. The van der Waals surface area contributed by atoms with Gasteiger partial charge in [0, 0.05) is 12.5 Å². The average Bonchev–Trinajstić information content (AvgIpc) is 3.16. The van der Waals surface area contributed by atoms with Crippen molar-refractivity contribution >= 4 is 11.9 Å². The SMILES string of the molecule is CCCCC/C=C\C/C=C\CCCCCCCCC(CCCCCOC(=O)/C=C(\CCCCCCC)CCCCCCCCCC)OC(=O)CCCN(C)C. The molecule has 0 saturated carbocycles. The number of unbranched alkanes of at least 4 members (excludes halogenated alkanes) is 22. The summed E-state index contributed by atoms with van der Waals surface area (Å²) in [6.45, 7) is 8.15. The molecule has 0 aliphatic carbocycles. The van der Waals surface area contributed by atoms with Gasteiger partial charge in [0.1, 0.15) is 6.10 Å². The first-order valence-corrected chi connectivity index (χ1v) is 23.9. The number of allylic oxidation sites excluding steroid dienone is 5. The number of nitrogens with zero attached hydrogens (tertiary/aromatic N) is 1. The molecule has 0 amide bonds. The fourth-order valence-electron chi connectivity index (χ4n) is 7.15. The van der Waals surface area contributed by atoms with Crippen LogP contribution in [-0.4, -0.2) is 50.2 Å². The van der Waals surface area contributed by atoms with Gasteiger partial charge in [-0.25, -0.2) is 4.79 Å². The Morgan fingerprint density at radius 1 is 0.509 bits per heavy atom. The lowest BCUT2D eigenvalue weighted by atomic mass is 9.99. The van der Waals surface area contributed by atoms with Crippen LogP contribution in [0.1, 0.15) is 239 Å². The van der Waals surface area contributed by atoms with Crippen LogP contribution < -0.4 is 0 Å². The second-order valence-corrected chi connectivity index (χ2v) is 16.6. The van der Waals surface area contributed by atoms with E-state index < -0.39 is 0 Å². The van der Waals surface area contributed by atoms with Crippen LogP contribution in [0, 0.1) is 0 Å². The molecule has 0 aromatic heterocycles. The van der Waals surface area contributed by atoms with Gasteiger partial charge >= 0.3 is 11.9 Å². The van der Waals surface area contributed by atoms with E-state index in [4.69, 9.17) is 9.47 Å². The highest BCUT2D eigenvalue weighted by Gasteiger charge is 2.14. The second-order valence-electron chi connectivity index (χ2n) is 16.6. The summed E-state index contributed by atoms with van der Waals surface area (Å²) >= 11 is 0. The Kier molecular flexibility index (Phi) is 41.8. The third-order valence-electron chi connectivity index (χ3n) is 10.7. The molecule has 1 unspecified atom stereocenters. The number of carbonyl (C=O) groups is 2. The van der Waals surface area contributed by atoms with E-state index in [1.807, 2.05) is 20.2 Å². The minimum atomic E-state index is -0.162. The molecule has 0 N–H and O–H groups in total. The van der Waals surface area contributed by atoms with Gasteiger partial charge in [-0.15, -0.1) is 0 Å². The molecule has 55 heavy (non-hydrogen) atoms. The van der Waals surface area contributed by atoms with Crippen LogP contribution in [-0.2, 0) is 19.1 Å². The van der Waals surface area contributed by atoms with Crippen molar-refractivity contribution in [1.29, 1.82) is 0 Å². The van der Waals surface area contributed by atoms with E-state index in [1.165, 1.54) is 153 Å². The van der Waals surface area contributed by atoms with Crippen molar-refractivity contribution < 1.29 is 19.1 Å². The van der Waals surface area contributed by atoms with Gasteiger partial charge in [-0.2, -0.15) is 0 Å². The van der Waals surface area contributed by atoms with Gasteiger partial charge in [0.15, 0.2) is 0 Å². The Bertz CT molecular complexity index is 923. The van der Waals surface area contributed by atoms with Crippen molar-refractivity contribution in [3.05, 3.63) is 36.0 Å². The van der Waals surface area contributed by atoms with E-state index in [9.17, 15) is 9.59 Å². The predicted octanol–water partition coefficient (Wildman–Crippen LogP) is 15.4. The summed E-state index contributed by atoms with van der Waals surface area (Å²) in [7, 11) is 4.08. The maximum atomic E-state index is 12.8. The minimum Gasteiger partial charge on any atom is -0.463 e. The first kappa shape index (κ1) is 53.1. The molecule has 0 spiro atoms. The first-order valence-electron chi connectivity index (χ1n) is 23.9. The molecule has 5 nitrogen and oxygen atoms in total. The highest BCUT2D eigenvalue weighted by molar-refractivity contribution is 5.82. The molecule has 0 fully saturated rings. The molecule has 1 atom stereocenters. The van der Waals surface area contributed by atoms with Crippen LogP contribution >= 0.6 is 0 Å². The zero-order chi connectivity index (χ0) is 40.3. The maximum absolute atomic E-state index is 12.8. The molecule has 5 heteroatoms. The molecule has 0 rings (SSSR count). The van der Waals surface area contributed by atoms with Crippen molar-refractivity contribution in [3.8, 4) is 0 Å². The zero-order valence-electron chi connectivity index (χ0n) is 37.5. The van der Waals surface area contributed by atoms with Crippen molar-refractivity contribution in [2.75, 3.05) is 27.2 Å². The first-order chi connectivity index (χ1) is 26.9. The van der Waals surface area contributed by atoms with Crippen LogP contribution in [0.25, 0.3) is 0 Å². The van der Waals surface area contributed by atoms with E-state index in [0.717, 1.165) is 70.8 Å². The summed E-state index contributed by atoms with van der Waals surface area (Å²) in [6.07, 6.45) is 50.8. The molecule has 0 bridgehead atoms. The van der Waals surface area contributed by atoms with E-state index in [2.05, 4.69) is 50.0 Å². The second kappa shape index (κ2) is 43.2. The smallest absolute Gasteiger partial charge is 0.330 e. The summed E-state index contributed by atoms with van der Waals surface area (Å²) in [5, 5.41) is 0. The van der Waals surface area contributed by atoms with Gasteiger partial charge in [0.2, 0.25) is 0 Å². The third-order valence-corrected chi connectivity index (χ3v) is 10.7. The van der Waals surface area contributed by atoms with Crippen LogP contribution in [0.3, 0.4) is 0 Å². The van der Waals surface area contributed by atoms with Gasteiger partial charge in [0.25, 0.3) is 0 Å². The summed E-state index contributed by atoms with van der Waals surface area (Å²) in [5.41, 5.74) is 1.28. The standard InChI is InChI=1S/C50H93NO4/c1-6-9-12-15-17-19-20-21-22-23-24-25-26-28-31-35-41-48(55-49(52)43-38-44-51(4)5)42-36-32-37-45-54-50(53)46-47(39-33-29-14-11-8-3)40-34-30-27-18-16-13-10-7-2/h17,19,21-22,46,48H,6-16,18,20,23-45H2,1-5H3/b19-17-,22-21-,47-46+. The molecule has 322 valence electrons. The fourth-order valence-corrected chi connectivity index (χ4v) is 7.15. The molecule has 0 heterocycles. The molecule has 0 aromatic carbocycles. The van der Waals surface area contributed by atoms with Gasteiger partial charge in [-0.3, -0.25) is 4.79 Å². The Hall–Kier alpha value is -1.88. The maximum Gasteiger partial charge on any atom is 0.330 e.